The zero-order valence-electron chi connectivity index (χ0n) is 55.8. The minimum atomic E-state index is -1.16. The smallest absolute Gasteiger partial charge is 0.415 e. The van der Waals surface area contributed by atoms with Crippen molar-refractivity contribution in [1.82, 2.24) is 40.0 Å². The number of hydrogen-bond acceptors (Lipinski definition) is 19. The molecule has 0 bridgehead atoms. The van der Waals surface area contributed by atoms with E-state index < -0.39 is 71.2 Å². The van der Waals surface area contributed by atoms with Crippen LogP contribution in [0.15, 0.2) is 97.3 Å². The van der Waals surface area contributed by atoms with Crippen LogP contribution >= 0.6 is 23.4 Å². The first-order valence-electron chi connectivity index (χ1n) is 32.2. The van der Waals surface area contributed by atoms with Gasteiger partial charge in [0.1, 0.15) is 48.1 Å². The number of nitrogens with one attached hydrogen (secondary N) is 5. The van der Waals surface area contributed by atoms with Gasteiger partial charge in [-0.2, -0.15) is 0 Å². The number of rotatable bonds is 33. The summed E-state index contributed by atoms with van der Waals surface area (Å²) in [7, 11) is 1.49. The van der Waals surface area contributed by atoms with Gasteiger partial charge in [0.05, 0.1) is 56.2 Å². The minimum Gasteiger partial charge on any atom is -0.508 e. The number of likely N-dealkylation sites (N-methyl/N-ethyl adjacent to an activating group) is 1. The Balaban J connectivity index is 0.854. The number of nitrogens with two attached hydrogens (primary N) is 1. The van der Waals surface area contributed by atoms with Crippen molar-refractivity contribution in [1.29, 1.82) is 0 Å². The molecule has 1 saturated heterocycles. The number of phenolic OH excluding ortho intramolecular Hbond substituents is 1. The highest BCUT2D eigenvalue weighted by atomic mass is 35.5. The lowest BCUT2D eigenvalue weighted by atomic mass is 9.92. The van der Waals surface area contributed by atoms with Crippen LogP contribution in [0.25, 0.3) is 16.4 Å². The molecule has 4 aromatic carbocycles. The Morgan fingerprint density at radius 2 is 1.56 bits per heavy atom. The normalized spacial score (nSPS) is 14.8. The summed E-state index contributed by atoms with van der Waals surface area (Å²) in [6.07, 6.45) is 1.10. The van der Waals surface area contributed by atoms with E-state index >= 15 is 0 Å². The standard InChI is InChI=1S/C68H83ClN12O17S/c1-40(2)59(76-66(91)96-32-31-95-29-26-80-56(84)34-54(64(80)89)99-41(3)4)62(87)75-50(11-8-22-71-65(70)90)61(86)72-46-16-12-43(13-17-46)39-97-67(92)77(6)23-24-78(25-28-94-30-27-82)68(93)98-53-33-52-58(57-42(5)9-7-10-49(53)57)45(35-69)36-81(52)63(88)51-38-79-37-47(18-21-55(79)74-51)73-60(85)44-14-19-48(83)20-15-44/h7,9-10,12-21,33,37-38,40-41,45,50,54,59,82-83H,8,11,22-32,34-36,39H2,1-6H3,(H,72,86)(H,73,85)(H,75,87)(H,76,91)(H3,70,71,90)/t45-,50+,54?,59+/m1/s1. The van der Waals surface area contributed by atoms with Crippen molar-refractivity contribution in [3.8, 4) is 11.5 Å². The van der Waals surface area contributed by atoms with Crippen molar-refractivity contribution < 1.29 is 81.8 Å². The van der Waals surface area contributed by atoms with Crippen molar-refractivity contribution in [2.45, 2.75) is 89.0 Å². The Bertz CT molecular complexity index is 3900. The van der Waals surface area contributed by atoms with Gasteiger partial charge in [0.2, 0.25) is 23.6 Å². The van der Waals surface area contributed by atoms with Gasteiger partial charge in [-0.25, -0.2) is 24.2 Å². The van der Waals surface area contributed by atoms with E-state index in [1.165, 1.54) is 57.8 Å². The number of alkyl halides is 1. The third-order valence-corrected chi connectivity index (χ3v) is 17.7. The molecule has 0 saturated carbocycles. The molecule has 0 radical (unpaired) electrons. The van der Waals surface area contributed by atoms with E-state index in [9.17, 15) is 58.2 Å². The third kappa shape index (κ3) is 20.4. The van der Waals surface area contributed by atoms with Crippen molar-refractivity contribution in [2.24, 2.45) is 11.7 Å². The molecule has 2 aliphatic rings. The van der Waals surface area contributed by atoms with Gasteiger partial charge >= 0.3 is 24.3 Å². The number of aromatic nitrogens is 2. The quantitative estimate of drug-likeness (QED) is 0.0120. The number of ether oxygens (including phenoxy) is 5. The number of aryl methyl sites for hydroxylation is 1. The minimum absolute atomic E-state index is 0.000162. The van der Waals surface area contributed by atoms with Gasteiger partial charge in [-0.15, -0.1) is 23.4 Å². The Morgan fingerprint density at radius 3 is 2.26 bits per heavy atom. The maximum absolute atomic E-state index is 14.6. The summed E-state index contributed by atoms with van der Waals surface area (Å²) >= 11 is 8.09. The summed E-state index contributed by atoms with van der Waals surface area (Å²) in [5.41, 5.74) is 9.46. The monoisotopic (exact) mass is 1410 g/mol. The number of alkyl carbamates (subject to hydrolysis) is 1. The second-order valence-corrected chi connectivity index (χ2v) is 26.2. The van der Waals surface area contributed by atoms with Crippen LogP contribution in [0.5, 0.6) is 11.5 Å². The SMILES string of the molecule is Cc1cccc2c(OC(=O)N(CCOCCO)CCN(C)C(=O)OCc3ccc(NC(=O)[C@H](CCCNC(N)=O)NC(=O)[C@@H](NC(=O)OCCOCCN4C(=O)CC(SC(C)C)C4=O)C(C)C)cc3)cc3c(c12)[C@H](CCl)CN3C(=O)c1cn2cc(NC(=O)c3ccc(O)cc3)ccc2n1. The number of primary amides is 1. The van der Waals surface area contributed by atoms with E-state index in [0.29, 0.717) is 39.2 Å². The molecule has 530 valence electrons. The second kappa shape index (κ2) is 35.7. The van der Waals surface area contributed by atoms with E-state index in [2.05, 4.69) is 31.6 Å². The van der Waals surface area contributed by atoms with Gasteiger partial charge in [-0.05, 0) is 102 Å². The van der Waals surface area contributed by atoms with Crippen LogP contribution in [0, 0.1) is 12.8 Å². The molecule has 0 aliphatic carbocycles. The molecule has 29 nitrogen and oxygen atoms in total. The highest BCUT2D eigenvalue weighted by molar-refractivity contribution is 8.01. The molecule has 99 heavy (non-hydrogen) atoms. The average Bonchev–Trinajstić information content (AvgIpc) is 1.59. The van der Waals surface area contributed by atoms with Gasteiger partial charge < -0.3 is 85.3 Å². The topological polar surface area (TPSA) is 374 Å². The second-order valence-electron chi connectivity index (χ2n) is 24.1. The fourth-order valence-corrected chi connectivity index (χ4v) is 12.5. The molecular formula is C68H83ClN12O17S. The number of carbonyl (C=O) groups is 10. The third-order valence-electron chi connectivity index (χ3n) is 16.1. The average molecular weight is 1410 g/mol. The lowest BCUT2D eigenvalue weighted by molar-refractivity contribution is -0.139. The number of nitrogens with zero attached hydrogens (tertiary/aromatic N) is 6. The molecule has 11 amide bonds. The fraction of sp³-hybridized carbons (Fsp3) is 0.426. The largest absolute Gasteiger partial charge is 0.508 e. The molecule has 31 heteroatoms. The molecule has 2 aliphatic heterocycles. The molecule has 8 rings (SSSR count). The van der Waals surface area contributed by atoms with Crippen LogP contribution < -0.4 is 42.0 Å². The molecule has 2 aromatic heterocycles. The number of phenols is 1. The number of benzene rings is 4. The Labute approximate surface area is 580 Å². The Hall–Kier alpha value is -9.75. The number of halogens is 1. The number of urea groups is 1. The van der Waals surface area contributed by atoms with Crippen LogP contribution in [-0.2, 0) is 44.7 Å². The molecule has 0 spiro atoms. The predicted octanol–water partition coefficient (Wildman–Crippen LogP) is 6.72. The molecule has 6 aromatic rings. The maximum Gasteiger partial charge on any atom is 0.415 e. The first kappa shape index (κ1) is 75.0. The van der Waals surface area contributed by atoms with Crippen LogP contribution in [0.4, 0.5) is 36.2 Å². The summed E-state index contributed by atoms with van der Waals surface area (Å²) in [6.45, 7) is 8.73. The predicted molar refractivity (Wildman–Crippen MR) is 369 cm³/mol. The summed E-state index contributed by atoms with van der Waals surface area (Å²) in [5.74, 6) is -3.19. The molecule has 4 atom stereocenters. The van der Waals surface area contributed by atoms with Crippen LogP contribution in [0.3, 0.4) is 0 Å². The first-order valence-corrected chi connectivity index (χ1v) is 33.7. The highest BCUT2D eigenvalue weighted by Gasteiger charge is 2.40. The summed E-state index contributed by atoms with van der Waals surface area (Å²) in [4.78, 5) is 142. The first-order chi connectivity index (χ1) is 47.4. The van der Waals surface area contributed by atoms with Gasteiger partial charge in [-0.1, -0.05) is 58.0 Å². The van der Waals surface area contributed by atoms with E-state index in [1.807, 2.05) is 39.0 Å². The van der Waals surface area contributed by atoms with Crippen LogP contribution in [0.1, 0.15) is 90.4 Å². The number of pyridine rings is 1. The molecular weight excluding hydrogens is 1320 g/mol. The number of likely N-dealkylation sites (tertiary alicyclic amines) is 1. The Morgan fingerprint density at radius 1 is 0.818 bits per heavy atom. The van der Waals surface area contributed by atoms with Gasteiger partial charge in [-0.3, -0.25) is 33.7 Å². The van der Waals surface area contributed by atoms with Crippen LogP contribution in [-0.4, -0.2) is 208 Å². The number of carbonyl (C=O) groups excluding carboxylic acids is 10. The number of imidazole rings is 1. The Kier molecular flexibility index (Phi) is 27.0. The number of aliphatic hydroxyl groups is 1. The molecule has 9 N–H and O–H groups in total. The van der Waals surface area contributed by atoms with Crippen molar-refractivity contribution in [3.63, 3.8) is 0 Å². The maximum atomic E-state index is 14.6. The zero-order valence-corrected chi connectivity index (χ0v) is 57.4. The number of thioether (sulfide) groups is 1. The number of fused-ring (bicyclic) bond motifs is 4. The van der Waals surface area contributed by atoms with Gasteiger partial charge in [0.15, 0.2) is 0 Å². The van der Waals surface area contributed by atoms with Crippen molar-refractivity contribution in [3.05, 3.63) is 125 Å². The van der Waals surface area contributed by atoms with Gasteiger partial charge in [0, 0.05) is 93.1 Å². The fourth-order valence-electron chi connectivity index (χ4n) is 11.1. The molecule has 1 fully saturated rings. The van der Waals surface area contributed by atoms with E-state index in [-0.39, 0.29) is 151 Å². The van der Waals surface area contributed by atoms with Crippen molar-refractivity contribution in [2.75, 3.05) is 107 Å². The molecule has 4 heterocycles. The van der Waals surface area contributed by atoms with Crippen molar-refractivity contribution >= 4 is 117 Å². The highest BCUT2D eigenvalue weighted by Crippen LogP contribution is 2.47. The number of amides is 11. The van der Waals surface area contributed by atoms with E-state index in [0.717, 1.165) is 16.5 Å². The number of aromatic hydroxyl groups is 1. The summed E-state index contributed by atoms with van der Waals surface area (Å²) in [6, 6.07) is 19.5. The lowest BCUT2D eigenvalue weighted by Crippen LogP contribution is -2.54. The summed E-state index contributed by atoms with van der Waals surface area (Å²) < 4.78 is 29.8. The van der Waals surface area contributed by atoms with E-state index in [4.69, 9.17) is 41.0 Å². The summed E-state index contributed by atoms with van der Waals surface area (Å²) in [5, 5.41) is 33.5. The van der Waals surface area contributed by atoms with E-state index in [1.54, 1.807) is 78.0 Å². The number of aliphatic hydroxyl groups excluding tert-OH is 1. The van der Waals surface area contributed by atoms with Crippen LogP contribution in [0.2, 0.25) is 0 Å². The molecule has 1 unspecified atom stereocenters. The number of anilines is 3. The van der Waals surface area contributed by atoms with Gasteiger partial charge in [0.25, 0.3) is 11.8 Å². The number of hydrogen-bond donors (Lipinski definition) is 8. The lowest BCUT2D eigenvalue weighted by Gasteiger charge is -2.26. The zero-order chi connectivity index (χ0) is 71.4. The number of imide groups is 1.